The van der Waals surface area contributed by atoms with Crippen molar-refractivity contribution in [3.05, 3.63) is 63.7 Å². The van der Waals surface area contributed by atoms with Crippen LogP contribution in [0.5, 0.6) is 0 Å². The summed E-state index contributed by atoms with van der Waals surface area (Å²) >= 11 is 0. The topological polar surface area (TPSA) is 75.2 Å². The summed E-state index contributed by atoms with van der Waals surface area (Å²) in [7, 11) is -3.91. The summed E-state index contributed by atoms with van der Waals surface area (Å²) in [6, 6.07) is 8.79. The molecule has 1 N–H and O–H groups in total. The normalized spacial score (nSPS) is 20.4. The summed E-state index contributed by atoms with van der Waals surface area (Å²) in [5.74, 6) is 0.992. The van der Waals surface area contributed by atoms with Gasteiger partial charge >= 0.3 is 0 Å². The number of aryl methyl sites for hydroxylation is 1. The van der Waals surface area contributed by atoms with Gasteiger partial charge in [-0.3, -0.25) is 9.69 Å². The maximum atomic E-state index is 13.8. The molecule has 0 bridgehead atoms. The molecule has 1 saturated heterocycles. The van der Waals surface area contributed by atoms with Crippen molar-refractivity contribution in [1.29, 1.82) is 0 Å². The number of nitrogens with zero attached hydrogens (tertiary/aromatic N) is 2. The molecular weight excluding hydrogens is 410 g/mol. The number of pyridine rings is 1. The fourth-order valence-electron chi connectivity index (χ4n) is 4.86. The van der Waals surface area contributed by atoms with E-state index in [2.05, 4.69) is 16.8 Å². The van der Waals surface area contributed by atoms with Gasteiger partial charge in [0.15, 0.2) is 0 Å². The highest BCUT2D eigenvalue weighted by Gasteiger charge is 2.31. The standard InChI is InChI=1S/C24H29N3O3S/c1-16-5-9-20(10-6-16)31(29,30)27-19(15-26-11-3-4-17(2)14-26)12-21-22(18-7-8-18)13-25-24(28)23(21)27/h5-6,9-10,12-13,17-18H,3-4,7-8,11,14-15H2,1-2H3,(H,25,28)/t17-/m0/s1. The molecule has 2 aliphatic rings. The predicted octanol–water partition coefficient (Wildman–Crippen LogP) is 3.98. The molecule has 3 aromatic rings. The fourth-order valence-corrected chi connectivity index (χ4v) is 6.39. The van der Waals surface area contributed by atoms with Gasteiger partial charge in [0.2, 0.25) is 0 Å². The van der Waals surface area contributed by atoms with Gasteiger partial charge in [-0.1, -0.05) is 24.6 Å². The van der Waals surface area contributed by atoms with Gasteiger partial charge in [-0.2, -0.15) is 0 Å². The zero-order valence-electron chi connectivity index (χ0n) is 18.1. The minimum Gasteiger partial charge on any atom is -0.327 e. The number of H-pyrrole nitrogens is 1. The van der Waals surface area contributed by atoms with Gasteiger partial charge in [0, 0.05) is 30.4 Å². The molecule has 0 amide bonds. The third kappa shape index (κ3) is 3.74. The number of rotatable bonds is 5. The Morgan fingerprint density at radius 3 is 2.55 bits per heavy atom. The Hall–Kier alpha value is -2.38. The van der Waals surface area contributed by atoms with Crippen molar-refractivity contribution in [2.45, 2.75) is 56.9 Å². The average Bonchev–Trinajstić information content (AvgIpc) is 3.49. The molecule has 0 spiro atoms. The number of piperidine rings is 1. The fraction of sp³-hybridized carbons (Fsp3) is 0.458. The Morgan fingerprint density at radius 1 is 1.13 bits per heavy atom. The van der Waals surface area contributed by atoms with E-state index < -0.39 is 10.0 Å². The SMILES string of the molecule is Cc1ccc(S(=O)(=O)n2c(CN3CCC[C@H](C)C3)cc3c(C4CC4)c[nH]c(=O)c32)cc1. The van der Waals surface area contributed by atoms with Crippen LogP contribution in [0.15, 0.2) is 46.2 Å². The second kappa shape index (κ2) is 7.64. The van der Waals surface area contributed by atoms with Gasteiger partial charge in [0.1, 0.15) is 5.52 Å². The quantitative estimate of drug-likeness (QED) is 0.652. The van der Waals surface area contributed by atoms with Crippen molar-refractivity contribution in [2.24, 2.45) is 5.92 Å². The molecule has 1 atom stereocenters. The second-order valence-corrected chi connectivity index (χ2v) is 11.1. The summed E-state index contributed by atoms with van der Waals surface area (Å²) in [6.45, 7) is 6.57. The summed E-state index contributed by atoms with van der Waals surface area (Å²) < 4.78 is 28.9. The number of hydrogen-bond acceptors (Lipinski definition) is 4. The Balaban J connectivity index is 1.71. The first-order chi connectivity index (χ1) is 14.8. The van der Waals surface area contributed by atoms with E-state index in [9.17, 15) is 13.2 Å². The molecule has 0 radical (unpaired) electrons. The Labute approximate surface area is 182 Å². The molecule has 1 aromatic carbocycles. The molecule has 2 aromatic heterocycles. The van der Waals surface area contributed by atoms with Crippen molar-refractivity contribution < 1.29 is 8.42 Å². The minimum absolute atomic E-state index is 0.208. The Morgan fingerprint density at radius 2 is 1.87 bits per heavy atom. The van der Waals surface area contributed by atoms with Gasteiger partial charge in [0.05, 0.1) is 4.90 Å². The zero-order valence-corrected chi connectivity index (χ0v) is 18.9. The molecule has 2 fully saturated rings. The molecule has 7 heteroatoms. The predicted molar refractivity (Wildman–Crippen MR) is 122 cm³/mol. The summed E-state index contributed by atoms with van der Waals surface area (Å²) in [6.07, 6.45) is 6.25. The molecule has 1 saturated carbocycles. The van der Waals surface area contributed by atoms with Crippen molar-refractivity contribution >= 4 is 20.9 Å². The molecule has 6 nitrogen and oxygen atoms in total. The number of hydrogen-bond donors (Lipinski definition) is 1. The lowest BCUT2D eigenvalue weighted by Crippen LogP contribution is -2.35. The summed E-state index contributed by atoms with van der Waals surface area (Å²) in [5, 5.41) is 0.780. The van der Waals surface area contributed by atoms with Crippen LogP contribution >= 0.6 is 0 Å². The molecular formula is C24H29N3O3S. The van der Waals surface area contributed by atoms with E-state index in [4.69, 9.17) is 0 Å². The van der Waals surface area contributed by atoms with E-state index in [1.807, 2.05) is 13.0 Å². The number of aromatic nitrogens is 2. The third-order valence-corrected chi connectivity index (χ3v) is 8.38. The van der Waals surface area contributed by atoms with Crippen molar-refractivity contribution in [2.75, 3.05) is 13.1 Å². The van der Waals surface area contributed by atoms with Gasteiger partial charge in [-0.15, -0.1) is 0 Å². The van der Waals surface area contributed by atoms with Gasteiger partial charge in [-0.25, -0.2) is 12.4 Å². The lowest BCUT2D eigenvalue weighted by Gasteiger charge is -2.30. The Kier molecular flexibility index (Phi) is 5.06. The highest BCUT2D eigenvalue weighted by molar-refractivity contribution is 7.90. The van der Waals surface area contributed by atoms with Crippen molar-refractivity contribution in [3.8, 4) is 0 Å². The van der Waals surface area contributed by atoms with E-state index in [1.165, 1.54) is 10.4 Å². The van der Waals surface area contributed by atoms with Crippen LogP contribution in [0.4, 0.5) is 0 Å². The number of fused-ring (bicyclic) bond motifs is 1. The molecule has 0 unspecified atom stereocenters. The number of aromatic amines is 1. The lowest BCUT2D eigenvalue weighted by atomic mass is 10.0. The summed E-state index contributed by atoms with van der Waals surface area (Å²) in [4.78, 5) is 18.3. The number of likely N-dealkylation sites (tertiary alicyclic amines) is 1. The molecule has 3 heterocycles. The van der Waals surface area contributed by atoms with Crippen LogP contribution in [0.3, 0.4) is 0 Å². The monoisotopic (exact) mass is 439 g/mol. The average molecular weight is 440 g/mol. The molecule has 1 aliphatic carbocycles. The van der Waals surface area contributed by atoms with Crippen molar-refractivity contribution in [3.63, 3.8) is 0 Å². The molecule has 1 aliphatic heterocycles. The Bertz CT molecular complexity index is 1280. The van der Waals surface area contributed by atoms with E-state index in [1.54, 1.807) is 30.5 Å². The first kappa shape index (κ1) is 20.5. The molecule has 31 heavy (non-hydrogen) atoms. The first-order valence-electron chi connectivity index (χ1n) is 11.1. The van der Waals surface area contributed by atoms with Crippen LogP contribution in [0.2, 0.25) is 0 Å². The van der Waals surface area contributed by atoms with Crippen LogP contribution < -0.4 is 5.56 Å². The number of benzene rings is 1. The first-order valence-corrected chi connectivity index (χ1v) is 12.6. The smallest absolute Gasteiger partial charge is 0.273 e. The van der Waals surface area contributed by atoms with Gasteiger partial charge < -0.3 is 4.98 Å². The summed E-state index contributed by atoms with van der Waals surface area (Å²) in [5.41, 5.74) is 2.62. The lowest BCUT2D eigenvalue weighted by molar-refractivity contribution is 0.174. The van der Waals surface area contributed by atoms with Crippen molar-refractivity contribution in [1.82, 2.24) is 13.9 Å². The van der Waals surface area contributed by atoms with Crippen LogP contribution in [-0.2, 0) is 16.6 Å². The van der Waals surface area contributed by atoms with Crippen LogP contribution in [0.25, 0.3) is 10.9 Å². The zero-order chi connectivity index (χ0) is 21.8. The maximum absolute atomic E-state index is 13.8. The van der Waals surface area contributed by atoms with E-state index in [0.29, 0.717) is 24.1 Å². The van der Waals surface area contributed by atoms with Crippen LogP contribution in [0, 0.1) is 12.8 Å². The van der Waals surface area contributed by atoms with Gasteiger partial charge in [0.25, 0.3) is 15.6 Å². The second-order valence-electron chi connectivity index (χ2n) is 9.31. The highest BCUT2D eigenvalue weighted by atomic mass is 32.2. The van der Waals surface area contributed by atoms with E-state index >= 15 is 0 Å². The van der Waals surface area contributed by atoms with E-state index in [-0.39, 0.29) is 16.0 Å². The minimum atomic E-state index is -3.91. The largest absolute Gasteiger partial charge is 0.327 e. The third-order valence-electron chi connectivity index (χ3n) is 6.62. The van der Waals surface area contributed by atoms with Crippen LogP contribution in [0.1, 0.15) is 55.3 Å². The number of nitrogens with one attached hydrogen (secondary N) is 1. The van der Waals surface area contributed by atoms with Gasteiger partial charge in [-0.05, 0) is 74.8 Å². The van der Waals surface area contributed by atoms with E-state index in [0.717, 1.165) is 48.9 Å². The van der Waals surface area contributed by atoms with Crippen LogP contribution in [-0.4, -0.2) is 35.4 Å². The maximum Gasteiger partial charge on any atom is 0.273 e. The highest BCUT2D eigenvalue weighted by Crippen LogP contribution is 2.43. The molecule has 164 valence electrons. The molecule has 5 rings (SSSR count).